The molecule has 0 aliphatic carbocycles. The number of hydrogen-bond acceptors (Lipinski definition) is 4. The highest BCUT2D eigenvalue weighted by molar-refractivity contribution is 6.07. The first-order valence-electron chi connectivity index (χ1n) is 10.8. The van der Waals surface area contributed by atoms with Gasteiger partial charge in [0.2, 0.25) is 0 Å². The van der Waals surface area contributed by atoms with Gasteiger partial charge >= 0.3 is 5.97 Å². The van der Waals surface area contributed by atoms with Gasteiger partial charge in [0.15, 0.2) is 5.75 Å². The van der Waals surface area contributed by atoms with Gasteiger partial charge in [0.1, 0.15) is 17.7 Å². The van der Waals surface area contributed by atoms with E-state index in [0.717, 1.165) is 38.5 Å². The molecule has 0 aliphatic heterocycles. The lowest BCUT2D eigenvalue weighted by Gasteiger charge is -2.17. The molecule has 0 atom stereocenters. The maximum Gasteiger partial charge on any atom is 0.341 e. The number of rotatable bonds is 5. The fourth-order valence-corrected chi connectivity index (χ4v) is 4.10. The molecule has 0 saturated carbocycles. The molecular weight excluding hydrogens is 410 g/mol. The number of hydrogen-bond donors (Lipinski definition) is 0. The standard InChI is InChI=1S/C29H23NO3/c1-19-12-15-24-25(23-14-13-21-10-6-7-11-22(21)16-23)17-26(29(31)32-2)28(27(24)30-19)33-18-20-8-4-3-5-9-20/h3-17H,18H2,1-2H3. The quantitative estimate of drug-likeness (QED) is 0.288. The van der Waals surface area contributed by atoms with Crippen LogP contribution < -0.4 is 4.74 Å². The Hall–Kier alpha value is -4.18. The number of aromatic nitrogens is 1. The van der Waals surface area contributed by atoms with E-state index in [1.54, 1.807) is 0 Å². The number of methoxy groups -OCH3 is 1. The van der Waals surface area contributed by atoms with Gasteiger partial charge in [-0.25, -0.2) is 9.78 Å². The van der Waals surface area contributed by atoms with E-state index in [9.17, 15) is 4.79 Å². The molecule has 0 bridgehead atoms. The third-order valence-corrected chi connectivity index (χ3v) is 5.76. The van der Waals surface area contributed by atoms with Crippen molar-refractivity contribution in [2.45, 2.75) is 13.5 Å². The van der Waals surface area contributed by atoms with E-state index in [4.69, 9.17) is 14.5 Å². The average Bonchev–Trinajstić information content (AvgIpc) is 2.86. The van der Waals surface area contributed by atoms with E-state index >= 15 is 0 Å². The van der Waals surface area contributed by atoms with Crippen LogP contribution in [-0.2, 0) is 11.3 Å². The Bertz CT molecular complexity index is 1480. The molecule has 0 N–H and O–H groups in total. The van der Waals surface area contributed by atoms with Gasteiger partial charge in [-0.15, -0.1) is 0 Å². The van der Waals surface area contributed by atoms with Crippen LogP contribution in [0.25, 0.3) is 32.8 Å². The van der Waals surface area contributed by atoms with E-state index < -0.39 is 5.97 Å². The van der Waals surface area contributed by atoms with Crippen molar-refractivity contribution in [3.05, 3.63) is 108 Å². The van der Waals surface area contributed by atoms with Gasteiger partial charge in [-0.2, -0.15) is 0 Å². The largest absolute Gasteiger partial charge is 0.486 e. The van der Waals surface area contributed by atoms with Gasteiger partial charge in [-0.1, -0.05) is 72.8 Å². The van der Waals surface area contributed by atoms with Crippen LogP contribution in [0.5, 0.6) is 5.75 Å². The minimum atomic E-state index is -0.453. The summed E-state index contributed by atoms with van der Waals surface area (Å²) in [5.41, 5.74) is 4.78. The van der Waals surface area contributed by atoms with Gasteiger partial charge < -0.3 is 9.47 Å². The maximum atomic E-state index is 12.8. The zero-order valence-electron chi connectivity index (χ0n) is 18.5. The Morgan fingerprint density at radius 1 is 0.848 bits per heavy atom. The number of benzene rings is 4. The smallest absolute Gasteiger partial charge is 0.341 e. The monoisotopic (exact) mass is 433 g/mol. The fourth-order valence-electron chi connectivity index (χ4n) is 4.10. The molecule has 0 aliphatic rings. The first kappa shape index (κ1) is 20.7. The summed E-state index contributed by atoms with van der Waals surface area (Å²) in [6.07, 6.45) is 0. The number of pyridine rings is 1. The van der Waals surface area contributed by atoms with Crippen molar-refractivity contribution in [3.8, 4) is 16.9 Å². The molecule has 0 fully saturated rings. The van der Waals surface area contributed by atoms with Crippen LogP contribution in [0.1, 0.15) is 21.6 Å². The van der Waals surface area contributed by atoms with Crippen molar-refractivity contribution in [2.75, 3.05) is 7.11 Å². The summed E-state index contributed by atoms with van der Waals surface area (Å²) in [5, 5.41) is 3.22. The van der Waals surface area contributed by atoms with E-state index in [1.165, 1.54) is 7.11 Å². The lowest BCUT2D eigenvalue weighted by molar-refractivity contribution is 0.0596. The molecule has 1 heterocycles. The predicted octanol–water partition coefficient (Wildman–Crippen LogP) is 6.73. The second kappa shape index (κ2) is 8.75. The summed E-state index contributed by atoms with van der Waals surface area (Å²) >= 11 is 0. The Morgan fingerprint density at radius 2 is 1.61 bits per heavy atom. The van der Waals surface area contributed by atoms with Crippen LogP contribution in [-0.4, -0.2) is 18.1 Å². The molecule has 4 aromatic carbocycles. The third-order valence-electron chi connectivity index (χ3n) is 5.76. The Labute approximate surface area is 192 Å². The number of aryl methyl sites for hydroxylation is 1. The molecule has 0 spiro atoms. The first-order valence-corrected chi connectivity index (χ1v) is 10.8. The summed E-state index contributed by atoms with van der Waals surface area (Å²) in [4.78, 5) is 17.6. The Kier molecular flexibility index (Phi) is 5.49. The Morgan fingerprint density at radius 3 is 2.39 bits per heavy atom. The zero-order valence-corrected chi connectivity index (χ0v) is 18.5. The lowest BCUT2D eigenvalue weighted by atomic mass is 9.95. The highest BCUT2D eigenvalue weighted by Gasteiger charge is 2.22. The Balaban J connectivity index is 1.72. The third kappa shape index (κ3) is 4.03. The predicted molar refractivity (Wildman–Crippen MR) is 132 cm³/mol. The number of ether oxygens (including phenoxy) is 2. The SMILES string of the molecule is COC(=O)c1cc(-c2ccc3ccccc3c2)c2ccc(C)nc2c1OCc1ccccc1. The van der Waals surface area contributed by atoms with Crippen LogP contribution in [0.4, 0.5) is 0 Å². The van der Waals surface area contributed by atoms with Crippen molar-refractivity contribution in [2.24, 2.45) is 0 Å². The average molecular weight is 434 g/mol. The lowest BCUT2D eigenvalue weighted by Crippen LogP contribution is -2.08. The molecule has 0 saturated heterocycles. The second-order valence-corrected chi connectivity index (χ2v) is 7.98. The van der Waals surface area contributed by atoms with Crippen molar-refractivity contribution in [1.29, 1.82) is 0 Å². The van der Waals surface area contributed by atoms with E-state index in [0.29, 0.717) is 23.4 Å². The number of carbonyl (C=O) groups is 1. The molecule has 5 aromatic rings. The van der Waals surface area contributed by atoms with Gasteiger partial charge in [0.25, 0.3) is 0 Å². The zero-order chi connectivity index (χ0) is 22.8. The van der Waals surface area contributed by atoms with E-state index in [-0.39, 0.29) is 0 Å². The van der Waals surface area contributed by atoms with Gasteiger partial charge in [0, 0.05) is 11.1 Å². The highest BCUT2D eigenvalue weighted by atomic mass is 16.5. The minimum Gasteiger partial charge on any atom is -0.486 e. The molecule has 1 aromatic heterocycles. The second-order valence-electron chi connectivity index (χ2n) is 7.98. The molecular formula is C29H23NO3. The van der Waals surface area contributed by atoms with Crippen LogP contribution in [0.15, 0.2) is 91.0 Å². The first-order chi connectivity index (χ1) is 16.1. The van der Waals surface area contributed by atoms with E-state index in [1.807, 2.05) is 67.6 Å². The van der Waals surface area contributed by atoms with Crippen molar-refractivity contribution >= 4 is 27.6 Å². The summed E-state index contributed by atoms with van der Waals surface area (Å²) < 4.78 is 11.3. The summed E-state index contributed by atoms with van der Waals surface area (Å²) in [6, 6.07) is 30.3. The van der Waals surface area contributed by atoms with Crippen LogP contribution in [0, 0.1) is 6.92 Å². The highest BCUT2D eigenvalue weighted by Crippen LogP contribution is 2.38. The fraction of sp³-hybridized carbons (Fsp3) is 0.103. The number of nitrogens with zero attached hydrogens (tertiary/aromatic N) is 1. The maximum absolute atomic E-state index is 12.8. The number of fused-ring (bicyclic) bond motifs is 2. The molecule has 0 unspecified atom stereocenters. The molecule has 4 heteroatoms. The minimum absolute atomic E-state index is 0.324. The topological polar surface area (TPSA) is 48.4 Å². The van der Waals surface area contributed by atoms with Crippen LogP contribution in [0.2, 0.25) is 0 Å². The van der Waals surface area contributed by atoms with E-state index in [2.05, 4.69) is 30.3 Å². The molecule has 0 radical (unpaired) electrons. The molecule has 5 rings (SSSR count). The van der Waals surface area contributed by atoms with Gasteiger partial charge in [-0.3, -0.25) is 0 Å². The number of carbonyl (C=O) groups excluding carboxylic acids is 1. The summed E-state index contributed by atoms with van der Waals surface area (Å²) in [5.74, 6) is -0.0146. The van der Waals surface area contributed by atoms with Crippen LogP contribution >= 0.6 is 0 Å². The molecule has 4 nitrogen and oxygen atoms in total. The molecule has 162 valence electrons. The summed E-state index contributed by atoms with van der Waals surface area (Å²) in [6.45, 7) is 2.26. The number of esters is 1. The normalized spacial score (nSPS) is 11.0. The van der Waals surface area contributed by atoms with Crippen LogP contribution in [0.3, 0.4) is 0 Å². The van der Waals surface area contributed by atoms with Crippen molar-refractivity contribution < 1.29 is 14.3 Å². The van der Waals surface area contributed by atoms with Gasteiger partial charge in [-0.05, 0) is 52.6 Å². The van der Waals surface area contributed by atoms with Crippen molar-refractivity contribution in [3.63, 3.8) is 0 Å². The molecule has 33 heavy (non-hydrogen) atoms. The van der Waals surface area contributed by atoms with Crippen molar-refractivity contribution in [1.82, 2.24) is 4.98 Å². The van der Waals surface area contributed by atoms with Gasteiger partial charge in [0.05, 0.1) is 7.11 Å². The summed E-state index contributed by atoms with van der Waals surface area (Å²) in [7, 11) is 1.38. The molecule has 0 amide bonds.